The first kappa shape index (κ1) is 18.5. The second-order valence-electron chi connectivity index (χ2n) is 5.97. The SMILES string of the molecule is COc1c(Nc2ccc(F)c(C(=O)N3CCCC3C(=O)O)c2F)c(=O)c1=O. The largest absolute Gasteiger partial charge is 0.491 e. The minimum absolute atomic E-state index is 0.0539. The Morgan fingerprint density at radius 1 is 1.26 bits per heavy atom. The predicted molar refractivity (Wildman–Crippen MR) is 89.2 cm³/mol. The number of likely N-dealkylation sites (tertiary alicyclic amines) is 1. The normalized spacial score (nSPS) is 16.6. The number of carbonyl (C=O) groups excluding carboxylic acids is 1. The van der Waals surface area contributed by atoms with E-state index in [0.29, 0.717) is 6.42 Å². The zero-order valence-electron chi connectivity index (χ0n) is 14.0. The molecule has 0 bridgehead atoms. The lowest BCUT2D eigenvalue weighted by Crippen LogP contribution is -2.41. The Labute approximate surface area is 150 Å². The van der Waals surface area contributed by atoms with E-state index in [9.17, 15) is 28.0 Å². The van der Waals surface area contributed by atoms with E-state index in [-0.39, 0.29) is 24.4 Å². The van der Waals surface area contributed by atoms with Crippen LogP contribution in [0.3, 0.4) is 0 Å². The summed E-state index contributed by atoms with van der Waals surface area (Å²) in [6.07, 6.45) is 0.577. The number of benzene rings is 1. The van der Waals surface area contributed by atoms with Gasteiger partial charge in [-0.25, -0.2) is 13.6 Å². The van der Waals surface area contributed by atoms with Crippen LogP contribution in [0.1, 0.15) is 23.2 Å². The average Bonchev–Trinajstić information content (AvgIpc) is 3.13. The highest BCUT2D eigenvalue weighted by Gasteiger charge is 2.37. The molecule has 1 fully saturated rings. The van der Waals surface area contributed by atoms with Crippen LogP contribution in [0.25, 0.3) is 0 Å². The Balaban J connectivity index is 1.98. The lowest BCUT2D eigenvalue weighted by molar-refractivity contribution is -0.141. The van der Waals surface area contributed by atoms with Crippen molar-refractivity contribution >= 4 is 23.3 Å². The quantitative estimate of drug-likeness (QED) is 0.744. The van der Waals surface area contributed by atoms with E-state index < -0.39 is 51.7 Å². The molecule has 1 saturated heterocycles. The fourth-order valence-electron chi connectivity index (χ4n) is 3.07. The van der Waals surface area contributed by atoms with E-state index in [2.05, 4.69) is 5.32 Å². The summed E-state index contributed by atoms with van der Waals surface area (Å²) in [5.41, 5.74) is -3.49. The Morgan fingerprint density at radius 3 is 2.59 bits per heavy atom. The van der Waals surface area contributed by atoms with Gasteiger partial charge in [-0.15, -0.1) is 0 Å². The molecule has 27 heavy (non-hydrogen) atoms. The van der Waals surface area contributed by atoms with Gasteiger partial charge in [-0.05, 0) is 25.0 Å². The van der Waals surface area contributed by atoms with Gasteiger partial charge in [0.25, 0.3) is 16.8 Å². The van der Waals surface area contributed by atoms with Crippen molar-refractivity contribution in [2.45, 2.75) is 18.9 Å². The van der Waals surface area contributed by atoms with Gasteiger partial charge in [0.15, 0.2) is 11.6 Å². The molecule has 8 nitrogen and oxygen atoms in total. The van der Waals surface area contributed by atoms with Crippen molar-refractivity contribution in [2.75, 3.05) is 19.0 Å². The fourth-order valence-corrected chi connectivity index (χ4v) is 3.07. The number of amides is 1. The molecule has 0 saturated carbocycles. The smallest absolute Gasteiger partial charge is 0.326 e. The molecular formula is C17H14F2N2O6. The van der Waals surface area contributed by atoms with Crippen molar-refractivity contribution in [3.8, 4) is 5.75 Å². The molecule has 3 rings (SSSR count). The van der Waals surface area contributed by atoms with Gasteiger partial charge < -0.3 is 20.1 Å². The maximum absolute atomic E-state index is 14.8. The first-order valence-corrected chi connectivity index (χ1v) is 7.94. The summed E-state index contributed by atoms with van der Waals surface area (Å²) in [5.74, 6) is -5.14. The monoisotopic (exact) mass is 380 g/mol. The van der Waals surface area contributed by atoms with E-state index in [1.54, 1.807) is 0 Å². The van der Waals surface area contributed by atoms with E-state index in [0.717, 1.165) is 24.1 Å². The summed E-state index contributed by atoms with van der Waals surface area (Å²) >= 11 is 0. The van der Waals surface area contributed by atoms with Crippen LogP contribution in [0.4, 0.5) is 20.2 Å². The Hall–Kier alpha value is -3.30. The number of nitrogens with zero attached hydrogens (tertiary/aromatic N) is 1. The van der Waals surface area contributed by atoms with Crippen LogP contribution in [0.2, 0.25) is 0 Å². The number of carboxylic acid groups (broad SMARTS) is 1. The molecule has 1 amide bonds. The molecule has 1 heterocycles. The minimum Gasteiger partial charge on any atom is -0.491 e. The van der Waals surface area contributed by atoms with Crippen molar-refractivity contribution in [3.05, 3.63) is 49.8 Å². The second kappa shape index (κ2) is 6.78. The van der Waals surface area contributed by atoms with Gasteiger partial charge in [0, 0.05) is 6.54 Å². The van der Waals surface area contributed by atoms with Crippen LogP contribution < -0.4 is 20.9 Å². The molecule has 1 atom stereocenters. The molecule has 0 aliphatic carbocycles. The molecule has 1 unspecified atom stereocenters. The van der Waals surface area contributed by atoms with Crippen LogP contribution >= 0.6 is 0 Å². The first-order valence-electron chi connectivity index (χ1n) is 7.94. The summed E-state index contributed by atoms with van der Waals surface area (Å²) in [6.45, 7) is 0.0539. The van der Waals surface area contributed by atoms with E-state index in [1.165, 1.54) is 0 Å². The summed E-state index contributed by atoms with van der Waals surface area (Å²) in [6, 6.07) is 0.598. The summed E-state index contributed by atoms with van der Waals surface area (Å²) in [4.78, 5) is 47.6. The zero-order valence-corrected chi connectivity index (χ0v) is 14.0. The highest BCUT2D eigenvalue weighted by molar-refractivity contribution is 5.98. The van der Waals surface area contributed by atoms with Crippen LogP contribution in [0.15, 0.2) is 21.7 Å². The minimum atomic E-state index is -1.30. The molecule has 0 spiro atoms. The molecule has 0 radical (unpaired) electrons. The van der Waals surface area contributed by atoms with Crippen LogP contribution in [0.5, 0.6) is 5.75 Å². The van der Waals surface area contributed by atoms with Crippen LogP contribution in [0, 0.1) is 11.6 Å². The maximum Gasteiger partial charge on any atom is 0.326 e. The number of aliphatic carboxylic acids is 1. The standard InChI is InChI=1S/C17H14F2N2O6/c1-27-15-12(13(22)14(15)23)20-8-5-4-7(18)10(11(8)19)16(24)21-6-2-3-9(21)17(25)26/h4-5,9,20H,2-3,6H2,1H3,(H,25,26). The fraction of sp³-hybridized carbons (Fsp3) is 0.294. The molecule has 1 aliphatic heterocycles. The predicted octanol–water partition coefficient (Wildman–Crippen LogP) is 1.00. The van der Waals surface area contributed by atoms with Gasteiger partial charge >= 0.3 is 5.97 Å². The third-order valence-electron chi connectivity index (χ3n) is 4.43. The third kappa shape index (κ3) is 2.92. The summed E-state index contributed by atoms with van der Waals surface area (Å²) < 4.78 is 33.7. The van der Waals surface area contributed by atoms with E-state index >= 15 is 0 Å². The number of ether oxygens (including phenoxy) is 1. The Kier molecular flexibility index (Phi) is 4.64. The summed E-state index contributed by atoms with van der Waals surface area (Å²) in [5, 5.41) is 11.5. The van der Waals surface area contributed by atoms with Gasteiger partial charge in [0.05, 0.1) is 12.8 Å². The van der Waals surface area contributed by atoms with E-state index in [1.807, 2.05) is 0 Å². The molecule has 142 valence electrons. The number of methoxy groups -OCH3 is 1. The Bertz CT molecular complexity index is 1010. The molecular weight excluding hydrogens is 366 g/mol. The Morgan fingerprint density at radius 2 is 1.96 bits per heavy atom. The van der Waals surface area contributed by atoms with Gasteiger partial charge in [0.2, 0.25) is 0 Å². The maximum atomic E-state index is 14.8. The average molecular weight is 380 g/mol. The highest BCUT2D eigenvalue weighted by atomic mass is 19.1. The number of hydrogen-bond donors (Lipinski definition) is 2. The number of carboxylic acids is 1. The molecule has 0 aromatic heterocycles. The molecule has 2 aromatic carbocycles. The van der Waals surface area contributed by atoms with Crippen LogP contribution in [-0.4, -0.2) is 41.6 Å². The first-order chi connectivity index (χ1) is 12.8. The van der Waals surface area contributed by atoms with Gasteiger partial charge in [0.1, 0.15) is 23.1 Å². The second-order valence-corrected chi connectivity index (χ2v) is 5.97. The molecule has 2 aromatic rings. The van der Waals surface area contributed by atoms with Crippen molar-refractivity contribution in [1.29, 1.82) is 0 Å². The highest BCUT2D eigenvalue weighted by Crippen LogP contribution is 2.29. The van der Waals surface area contributed by atoms with Crippen molar-refractivity contribution in [3.63, 3.8) is 0 Å². The van der Waals surface area contributed by atoms with Crippen molar-refractivity contribution in [2.24, 2.45) is 0 Å². The topological polar surface area (TPSA) is 113 Å². The van der Waals surface area contributed by atoms with Crippen molar-refractivity contribution < 1.29 is 28.2 Å². The number of halogens is 2. The molecule has 2 N–H and O–H groups in total. The van der Waals surface area contributed by atoms with Gasteiger partial charge in [-0.3, -0.25) is 14.4 Å². The number of rotatable bonds is 5. The van der Waals surface area contributed by atoms with Gasteiger partial charge in [-0.1, -0.05) is 0 Å². The molecule has 1 aliphatic rings. The zero-order chi connectivity index (χ0) is 19.9. The third-order valence-corrected chi connectivity index (χ3v) is 4.43. The summed E-state index contributed by atoms with van der Waals surface area (Å²) in [7, 11) is 1.15. The lowest BCUT2D eigenvalue weighted by Gasteiger charge is -2.22. The number of carbonyl (C=O) groups is 2. The molecule has 10 heteroatoms. The number of anilines is 2. The lowest BCUT2D eigenvalue weighted by atomic mass is 10.1. The van der Waals surface area contributed by atoms with Crippen LogP contribution in [-0.2, 0) is 4.79 Å². The van der Waals surface area contributed by atoms with Crippen molar-refractivity contribution in [1.82, 2.24) is 4.90 Å². The number of hydrogen-bond acceptors (Lipinski definition) is 6. The van der Waals surface area contributed by atoms with E-state index in [4.69, 9.17) is 9.84 Å². The van der Waals surface area contributed by atoms with Gasteiger partial charge in [-0.2, -0.15) is 0 Å². The number of nitrogens with one attached hydrogen (secondary N) is 1.